The molecule has 4 rings (SSSR count). The first-order valence-electron chi connectivity index (χ1n) is 13.0. The number of alkyl halides is 3. The molecule has 11 nitrogen and oxygen atoms in total. The number of rotatable bonds is 10. The fourth-order valence-corrected chi connectivity index (χ4v) is 4.45. The second-order valence-corrected chi connectivity index (χ2v) is 9.78. The molecule has 1 saturated heterocycles. The predicted molar refractivity (Wildman–Crippen MR) is 147 cm³/mol. The topological polar surface area (TPSA) is 135 Å². The number of hydrogen-bond donors (Lipinski definition) is 3. The standard InChI is InChI=1S/C28H30F3N5O6/c1-35(2)23-14-22(34-27(39)40)21(13-20(23)28(29,30)31)33-25(38)15-24(37)17-6-5-7-18(12-17)36-19(9-10-32-36)16-42-26-8-3-4-11-41-26/h5-7,9-10,12-14,26,34H,3-4,8,11,15-16H2,1-2H3,(H,33,38)(H,39,40). The Balaban J connectivity index is 1.49. The van der Waals surface area contributed by atoms with Crippen molar-refractivity contribution in [3.8, 4) is 5.69 Å². The molecule has 0 aliphatic carbocycles. The SMILES string of the molecule is CN(C)c1cc(NC(=O)O)c(NC(=O)CC(=O)c2cccc(-n3nccc3COC3CCCCO3)c2)cc1C(F)(F)F. The third-order valence-corrected chi connectivity index (χ3v) is 6.45. The summed E-state index contributed by atoms with van der Waals surface area (Å²) in [6.45, 7) is 0.869. The van der Waals surface area contributed by atoms with E-state index >= 15 is 0 Å². The molecule has 0 saturated carbocycles. The molecule has 1 atom stereocenters. The van der Waals surface area contributed by atoms with Gasteiger partial charge in [-0.05, 0) is 49.6 Å². The van der Waals surface area contributed by atoms with Crippen LogP contribution in [0, 0.1) is 0 Å². The maximum atomic E-state index is 13.7. The summed E-state index contributed by atoms with van der Waals surface area (Å²) in [6, 6.07) is 9.73. The van der Waals surface area contributed by atoms with E-state index in [0.29, 0.717) is 24.1 Å². The first-order chi connectivity index (χ1) is 19.9. The Labute approximate surface area is 239 Å². The highest BCUT2D eigenvalue weighted by atomic mass is 19.4. The van der Waals surface area contributed by atoms with Gasteiger partial charge >= 0.3 is 12.3 Å². The molecular weight excluding hydrogens is 559 g/mol. The minimum Gasteiger partial charge on any atom is -0.465 e. The lowest BCUT2D eigenvalue weighted by atomic mass is 10.1. The Hall–Kier alpha value is -4.43. The molecule has 1 aliphatic heterocycles. The van der Waals surface area contributed by atoms with Crippen LogP contribution in [0.4, 0.5) is 35.0 Å². The Kier molecular flexibility index (Phi) is 9.48. The molecule has 1 fully saturated rings. The van der Waals surface area contributed by atoms with Crippen molar-refractivity contribution in [3.05, 3.63) is 65.5 Å². The van der Waals surface area contributed by atoms with Gasteiger partial charge in [0.2, 0.25) is 5.91 Å². The van der Waals surface area contributed by atoms with Crippen LogP contribution in [0.15, 0.2) is 48.7 Å². The van der Waals surface area contributed by atoms with E-state index in [1.165, 1.54) is 31.1 Å². The van der Waals surface area contributed by atoms with Crippen molar-refractivity contribution in [1.82, 2.24) is 9.78 Å². The number of carbonyl (C=O) groups is 3. The molecule has 0 spiro atoms. The Morgan fingerprint density at radius 1 is 1.12 bits per heavy atom. The molecule has 1 unspecified atom stereocenters. The normalized spacial score (nSPS) is 15.2. The number of carbonyl (C=O) groups excluding carboxylic acids is 2. The van der Waals surface area contributed by atoms with Crippen LogP contribution in [0.5, 0.6) is 0 Å². The first kappa shape index (κ1) is 30.5. The van der Waals surface area contributed by atoms with Gasteiger partial charge in [-0.3, -0.25) is 14.9 Å². The maximum Gasteiger partial charge on any atom is 0.418 e. The van der Waals surface area contributed by atoms with Gasteiger partial charge in [-0.1, -0.05) is 12.1 Å². The molecule has 2 amide bonds. The summed E-state index contributed by atoms with van der Waals surface area (Å²) in [5.41, 5.74) is -0.704. The molecule has 1 aromatic heterocycles. The van der Waals surface area contributed by atoms with Gasteiger partial charge in [0.25, 0.3) is 0 Å². The number of anilines is 3. The number of ether oxygens (including phenoxy) is 2. The summed E-state index contributed by atoms with van der Waals surface area (Å²) >= 11 is 0. The number of halogens is 3. The van der Waals surface area contributed by atoms with Crippen LogP contribution in [-0.2, 0) is 27.1 Å². The number of nitrogens with zero attached hydrogens (tertiary/aromatic N) is 3. The molecule has 2 aromatic carbocycles. The van der Waals surface area contributed by atoms with Crippen LogP contribution >= 0.6 is 0 Å². The summed E-state index contributed by atoms with van der Waals surface area (Å²) in [5.74, 6) is -1.53. The quantitative estimate of drug-likeness (QED) is 0.214. The fraction of sp³-hybridized carbons (Fsp3) is 0.357. The summed E-state index contributed by atoms with van der Waals surface area (Å²) in [7, 11) is 2.73. The van der Waals surface area contributed by atoms with E-state index in [0.717, 1.165) is 25.3 Å². The second-order valence-electron chi connectivity index (χ2n) is 9.78. The minimum atomic E-state index is -4.79. The van der Waals surface area contributed by atoms with E-state index in [-0.39, 0.29) is 29.8 Å². The van der Waals surface area contributed by atoms with Gasteiger partial charge in [0.1, 0.15) is 0 Å². The number of hydrogen-bond acceptors (Lipinski definition) is 7. The first-order valence-corrected chi connectivity index (χ1v) is 13.0. The molecular formula is C28H30F3N5O6. The molecule has 14 heteroatoms. The van der Waals surface area contributed by atoms with Crippen LogP contribution in [0.1, 0.15) is 47.3 Å². The third kappa shape index (κ3) is 7.64. The van der Waals surface area contributed by atoms with Crippen molar-refractivity contribution in [2.24, 2.45) is 0 Å². The molecule has 224 valence electrons. The van der Waals surface area contributed by atoms with E-state index < -0.39 is 41.6 Å². The number of carboxylic acid groups (broad SMARTS) is 1. The van der Waals surface area contributed by atoms with Crippen LogP contribution in [-0.4, -0.2) is 59.7 Å². The number of nitrogens with one attached hydrogen (secondary N) is 2. The van der Waals surface area contributed by atoms with E-state index in [4.69, 9.17) is 14.6 Å². The lowest BCUT2D eigenvalue weighted by Crippen LogP contribution is -2.22. The smallest absolute Gasteiger partial charge is 0.418 e. The van der Waals surface area contributed by atoms with E-state index in [1.54, 1.807) is 29.1 Å². The van der Waals surface area contributed by atoms with Gasteiger partial charge in [-0.25, -0.2) is 9.48 Å². The van der Waals surface area contributed by atoms with Crippen LogP contribution in [0.2, 0.25) is 0 Å². The summed E-state index contributed by atoms with van der Waals surface area (Å²) in [4.78, 5) is 38.2. The highest BCUT2D eigenvalue weighted by Crippen LogP contribution is 2.41. The van der Waals surface area contributed by atoms with Crippen molar-refractivity contribution in [3.63, 3.8) is 0 Å². The van der Waals surface area contributed by atoms with Gasteiger partial charge in [-0.15, -0.1) is 0 Å². The van der Waals surface area contributed by atoms with Crippen LogP contribution in [0.25, 0.3) is 5.69 Å². The molecule has 3 N–H and O–H groups in total. The number of amides is 2. The summed E-state index contributed by atoms with van der Waals surface area (Å²) in [6.07, 6.45) is -2.95. The lowest BCUT2D eigenvalue weighted by Gasteiger charge is -2.22. The number of benzene rings is 2. The average molecular weight is 590 g/mol. The number of ketones is 1. The Morgan fingerprint density at radius 2 is 1.88 bits per heavy atom. The molecule has 42 heavy (non-hydrogen) atoms. The lowest BCUT2D eigenvalue weighted by molar-refractivity contribution is -0.169. The number of aromatic nitrogens is 2. The third-order valence-electron chi connectivity index (χ3n) is 6.45. The zero-order valence-corrected chi connectivity index (χ0v) is 22.9. The van der Waals surface area contributed by atoms with E-state index in [9.17, 15) is 27.6 Å². The highest BCUT2D eigenvalue weighted by molar-refractivity contribution is 6.12. The largest absolute Gasteiger partial charge is 0.465 e. The van der Waals surface area contributed by atoms with Crippen molar-refractivity contribution >= 4 is 34.8 Å². The highest BCUT2D eigenvalue weighted by Gasteiger charge is 2.35. The maximum absolute atomic E-state index is 13.7. The van der Waals surface area contributed by atoms with Crippen molar-refractivity contribution in [2.75, 3.05) is 36.2 Å². The Bertz CT molecular complexity index is 1450. The van der Waals surface area contributed by atoms with Gasteiger partial charge in [0.15, 0.2) is 12.1 Å². The zero-order chi connectivity index (χ0) is 30.4. The zero-order valence-electron chi connectivity index (χ0n) is 22.9. The van der Waals surface area contributed by atoms with Crippen molar-refractivity contribution in [2.45, 2.75) is 44.8 Å². The summed E-state index contributed by atoms with van der Waals surface area (Å²) < 4.78 is 54.2. The van der Waals surface area contributed by atoms with E-state index in [2.05, 4.69) is 10.4 Å². The predicted octanol–water partition coefficient (Wildman–Crippen LogP) is 5.30. The van der Waals surface area contributed by atoms with Gasteiger partial charge in [0.05, 0.1) is 47.0 Å². The number of Topliss-reactive ketones (excluding diaryl/α,β-unsaturated/α-hetero) is 1. The van der Waals surface area contributed by atoms with Crippen LogP contribution < -0.4 is 15.5 Å². The van der Waals surface area contributed by atoms with Gasteiger partial charge in [-0.2, -0.15) is 18.3 Å². The second kappa shape index (κ2) is 13.0. The molecule has 0 radical (unpaired) electrons. The molecule has 3 aromatic rings. The van der Waals surface area contributed by atoms with Crippen molar-refractivity contribution < 1.29 is 42.1 Å². The van der Waals surface area contributed by atoms with Crippen molar-refractivity contribution in [1.29, 1.82) is 0 Å². The van der Waals surface area contributed by atoms with Gasteiger partial charge < -0.3 is 24.8 Å². The molecule has 2 heterocycles. The van der Waals surface area contributed by atoms with E-state index in [1.807, 2.05) is 5.32 Å². The minimum absolute atomic E-state index is 0.170. The average Bonchev–Trinajstić information content (AvgIpc) is 3.41. The fourth-order valence-electron chi connectivity index (χ4n) is 4.45. The van der Waals surface area contributed by atoms with Crippen LogP contribution in [0.3, 0.4) is 0 Å². The van der Waals surface area contributed by atoms with Gasteiger partial charge in [0, 0.05) is 32.5 Å². The molecule has 0 bridgehead atoms. The summed E-state index contributed by atoms with van der Waals surface area (Å²) in [5, 5.41) is 17.7. The Morgan fingerprint density at radius 3 is 2.55 bits per heavy atom. The monoisotopic (exact) mass is 589 g/mol. The molecule has 1 aliphatic rings.